The van der Waals surface area contributed by atoms with Gasteiger partial charge in [-0.15, -0.1) is 6.42 Å². The van der Waals surface area contributed by atoms with Crippen LogP contribution in [0, 0.1) is 19.3 Å². The topological polar surface area (TPSA) is 37.8 Å². The third-order valence-electron chi connectivity index (χ3n) is 1.39. The van der Waals surface area contributed by atoms with Crippen molar-refractivity contribution in [2.45, 2.75) is 13.5 Å². The lowest BCUT2D eigenvalue weighted by Crippen LogP contribution is -2.13. The highest BCUT2D eigenvalue weighted by atomic mass is 14.9. The van der Waals surface area contributed by atoms with E-state index in [-0.39, 0.29) is 0 Å². The van der Waals surface area contributed by atoms with Crippen molar-refractivity contribution in [3.63, 3.8) is 0 Å². The van der Waals surface area contributed by atoms with E-state index in [0.29, 0.717) is 6.54 Å². The zero-order valence-electron chi connectivity index (χ0n) is 7.04. The average Bonchev–Trinajstić information content (AvgIpc) is 2.09. The maximum absolute atomic E-state index is 5.07. The monoisotopic (exact) mass is 161 g/mol. The number of hydrogen-bond donors (Lipinski definition) is 1. The van der Waals surface area contributed by atoms with Crippen LogP contribution >= 0.6 is 0 Å². The maximum atomic E-state index is 5.07. The maximum Gasteiger partial charge on any atom is 0.125 e. The second-order valence-corrected chi connectivity index (χ2v) is 2.45. The molecule has 0 radical (unpaired) electrons. The number of rotatable bonds is 3. The number of terminal acetylenes is 1. The van der Waals surface area contributed by atoms with Crippen molar-refractivity contribution in [1.29, 1.82) is 0 Å². The van der Waals surface area contributed by atoms with Gasteiger partial charge >= 0.3 is 0 Å². The van der Waals surface area contributed by atoms with Gasteiger partial charge in [-0.05, 0) is 6.92 Å². The molecule has 0 atom stereocenters. The molecule has 0 amide bonds. The zero-order valence-corrected chi connectivity index (χ0v) is 7.04. The highest BCUT2D eigenvalue weighted by molar-refractivity contribution is 5.04. The summed E-state index contributed by atoms with van der Waals surface area (Å²) in [6.45, 7) is 3.16. The number of hydrogen-bond acceptors (Lipinski definition) is 3. The molecule has 0 saturated heterocycles. The number of aromatic nitrogens is 2. The van der Waals surface area contributed by atoms with E-state index in [1.165, 1.54) is 0 Å². The second kappa shape index (κ2) is 4.47. The van der Waals surface area contributed by atoms with Crippen molar-refractivity contribution < 1.29 is 0 Å². The van der Waals surface area contributed by atoms with Crippen LogP contribution in [0.1, 0.15) is 11.4 Å². The fraction of sp³-hybridized carbons (Fsp3) is 0.333. The molecule has 1 rings (SSSR count). The Morgan fingerprint density at radius 2 is 2.17 bits per heavy atom. The summed E-state index contributed by atoms with van der Waals surface area (Å²) in [7, 11) is 0. The van der Waals surface area contributed by atoms with Gasteiger partial charge in [0.25, 0.3) is 0 Å². The van der Waals surface area contributed by atoms with E-state index in [4.69, 9.17) is 6.42 Å². The Hall–Kier alpha value is -1.40. The van der Waals surface area contributed by atoms with Gasteiger partial charge in [0.05, 0.1) is 6.54 Å². The van der Waals surface area contributed by atoms with Crippen molar-refractivity contribution in [2.24, 2.45) is 0 Å². The Labute approximate surface area is 72.2 Å². The first-order valence-electron chi connectivity index (χ1n) is 3.74. The number of nitrogens with one attached hydrogen (secondary N) is 1. The molecule has 0 spiro atoms. The molecule has 1 aromatic rings. The Morgan fingerprint density at radius 3 is 2.75 bits per heavy atom. The normalized spacial score (nSPS) is 9.33. The predicted octanol–water partition coefficient (Wildman–Crippen LogP) is 0.508. The second-order valence-electron chi connectivity index (χ2n) is 2.45. The van der Waals surface area contributed by atoms with Gasteiger partial charge in [-0.2, -0.15) is 0 Å². The summed E-state index contributed by atoms with van der Waals surface area (Å²) in [5, 5.41) is 3.05. The first-order chi connectivity index (χ1) is 5.83. The molecule has 3 heteroatoms. The van der Waals surface area contributed by atoms with E-state index >= 15 is 0 Å². The van der Waals surface area contributed by atoms with Crippen molar-refractivity contribution in [3.8, 4) is 12.3 Å². The Bertz CT molecular complexity index is 271. The minimum atomic E-state index is 0.577. The van der Waals surface area contributed by atoms with Crippen molar-refractivity contribution >= 4 is 0 Å². The van der Waals surface area contributed by atoms with Crippen LogP contribution in [-0.4, -0.2) is 16.5 Å². The molecule has 0 fully saturated rings. The van der Waals surface area contributed by atoms with Crippen LogP contribution in [0.5, 0.6) is 0 Å². The third kappa shape index (κ3) is 2.69. The van der Waals surface area contributed by atoms with Gasteiger partial charge in [-0.1, -0.05) is 5.92 Å². The van der Waals surface area contributed by atoms with Gasteiger partial charge in [0.15, 0.2) is 0 Å². The molecule has 62 valence electrons. The molecule has 0 saturated carbocycles. The van der Waals surface area contributed by atoms with Gasteiger partial charge in [-0.25, -0.2) is 9.97 Å². The zero-order chi connectivity index (χ0) is 8.81. The van der Waals surface area contributed by atoms with Crippen LogP contribution in [0.3, 0.4) is 0 Å². The van der Waals surface area contributed by atoms with Crippen molar-refractivity contribution in [1.82, 2.24) is 15.3 Å². The Kier molecular flexibility index (Phi) is 3.24. The SMILES string of the molecule is C#CCNCc1cnc(C)nc1. The lowest BCUT2D eigenvalue weighted by atomic mass is 10.3. The van der Waals surface area contributed by atoms with Crippen LogP contribution in [0.4, 0.5) is 0 Å². The predicted molar refractivity (Wildman–Crippen MR) is 47.3 cm³/mol. The minimum Gasteiger partial charge on any atom is -0.302 e. The van der Waals surface area contributed by atoms with Crippen LogP contribution in [0.25, 0.3) is 0 Å². The summed E-state index contributed by atoms with van der Waals surface area (Å²) in [5.74, 6) is 3.29. The summed E-state index contributed by atoms with van der Waals surface area (Å²) in [5.41, 5.74) is 1.05. The van der Waals surface area contributed by atoms with Gasteiger partial charge < -0.3 is 5.32 Å². The van der Waals surface area contributed by atoms with Gasteiger partial charge in [0.1, 0.15) is 5.82 Å². The quantitative estimate of drug-likeness (QED) is 0.518. The molecule has 12 heavy (non-hydrogen) atoms. The standard InChI is InChI=1S/C9H11N3/c1-3-4-10-5-9-6-11-8(2)12-7-9/h1,6-7,10H,4-5H2,2H3. The van der Waals surface area contributed by atoms with Crippen LogP contribution in [0.15, 0.2) is 12.4 Å². The van der Waals surface area contributed by atoms with Crippen LogP contribution in [-0.2, 0) is 6.54 Å². The van der Waals surface area contributed by atoms with Crippen molar-refractivity contribution in [3.05, 3.63) is 23.8 Å². The first-order valence-corrected chi connectivity index (χ1v) is 3.74. The third-order valence-corrected chi connectivity index (χ3v) is 1.39. The molecule has 3 nitrogen and oxygen atoms in total. The summed E-state index contributed by atoms with van der Waals surface area (Å²) in [6.07, 6.45) is 8.67. The molecule has 0 bridgehead atoms. The molecular formula is C9H11N3. The molecule has 1 N–H and O–H groups in total. The lowest BCUT2D eigenvalue weighted by molar-refractivity contribution is 0.760. The Balaban J connectivity index is 2.43. The summed E-state index contributed by atoms with van der Waals surface area (Å²) < 4.78 is 0. The fourth-order valence-electron chi connectivity index (χ4n) is 0.790. The van der Waals surface area contributed by atoms with E-state index in [1.54, 1.807) is 12.4 Å². The van der Waals surface area contributed by atoms with Gasteiger partial charge in [0.2, 0.25) is 0 Å². The molecule has 0 unspecified atom stereocenters. The molecule has 0 aliphatic rings. The lowest BCUT2D eigenvalue weighted by Gasteiger charge is -1.99. The molecule has 0 aromatic carbocycles. The smallest absolute Gasteiger partial charge is 0.125 e. The largest absolute Gasteiger partial charge is 0.302 e. The molecule has 1 aromatic heterocycles. The van der Waals surface area contributed by atoms with Crippen LogP contribution in [0.2, 0.25) is 0 Å². The summed E-state index contributed by atoms with van der Waals surface area (Å²) in [4.78, 5) is 8.11. The number of aryl methyl sites for hydroxylation is 1. The van der Waals surface area contributed by atoms with Crippen LogP contribution < -0.4 is 5.32 Å². The minimum absolute atomic E-state index is 0.577. The first kappa shape index (κ1) is 8.69. The van der Waals surface area contributed by atoms with E-state index in [1.807, 2.05) is 6.92 Å². The van der Waals surface area contributed by atoms with Gasteiger partial charge in [0, 0.05) is 24.5 Å². The van der Waals surface area contributed by atoms with E-state index in [2.05, 4.69) is 21.2 Å². The average molecular weight is 161 g/mol. The van der Waals surface area contributed by atoms with Crippen molar-refractivity contribution in [2.75, 3.05) is 6.54 Å². The fourth-order valence-corrected chi connectivity index (χ4v) is 0.790. The van der Waals surface area contributed by atoms with E-state index in [9.17, 15) is 0 Å². The highest BCUT2D eigenvalue weighted by Gasteiger charge is 1.91. The van der Waals surface area contributed by atoms with E-state index < -0.39 is 0 Å². The number of nitrogens with zero attached hydrogens (tertiary/aromatic N) is 2. The molecular weight excluding hydrogens is 150 g/mol. The summed E-state index contributed by atoms with van der Waals surface area (Å²) in [6, 6.07) is 0. The summed E-state index contributed by atoms with van der Waals surface area (Å²) >= 11 is 0. The molecule has 0 aliphatic carbocycles. The van der Waals surface area contributed by atoms with E-state index in [0.717, 1.165) is 17.9 Å². The highest BCUT2D eigenvalue weighted by Crippen LogP contribution is 1.93. The molecule has 1 heterocycles. The van der Waals surface area contributed by atoms with Gasteiger partial charge in [-0.3, -0.25) is 0 Å². The Morgan fingerprint density at radius 1 is 1.50 bits per heavy atom. The molecule has 0 aliphatic heterocycles.